The van der Waals surface area contributed by atoms with Crippen LogP contribution in [-0.2, 0) is 18.0 Å². The summed E-state index contributed by atoms with van der Waals surface area (Å²) < 4.78 is 11.3. The van der Waals surface area contributed by atoms with Gasteiger partial charge in [0.25, 0.3) is 5.24 Å². The molecule has 3 aromatic rings. The van der Waals surface area contributed by atoms with Crippen molar-refractivity contribution in [3.8, 4) is 5.75 Å². The Morgan fingerprint density at radius 1 is 0.867 bits per heavy atom. The van der Waals surface area contributed by atoms with Crippen LogP contribution in [0.5, 0.6) is 5.75 Å². The lowest BCUT2D eigenvalue weighted by Crippen LogP contribution is -2.08. The third-order valence-corrected chi connectivity index (χ3v) is 5.21. The molecular formula is C24H20Cl2O4. The molecule has 0 aromatic heterocycles. The highest BCUT2D eigenvalue weighted by Crippen LogP contribution is 2.29. The van der Waals surface area contributed by atoms with Crippen LogP contribution in [0.1, 0.15) is 43.0 Å². The van der Waals surface area contributed by atoms with E-state index in [-0.39, 0.29) is 23.8 Å². The van der Waals surface area contributed by atoms with Gasteiger partial charge in [0, 0.05) is 11.1 Å². The minimum atomic E-state index is -0.538. The largest absolute Gasteiger partial charge is 0.489 e. The lowest BCUT2D eigenvalue weighted by atomic mass is 10.0. The molecule has 0 saturated heterocycles. The molecule has 30 heavy (non-hydrogen) atoms. The van der Waals surface area contributed by atoms with Crippen molar-refractivity contribution in [2.45, 2.75) is 27.1 Å². The standard InChI is InChI=1S/C24H20Cl2O4/c1-15-7-6-10-18(23(26)27)20(15)14-29-22-12-21(25)19(11-16(22)2)24(28)30-13-17-8-4-3-5-9-17/h3-12H,13-14H2,1-2H3. The average molecular weight is 443 g/mol. The summed E-state index contributed by atoms with van der Waals surface area (Å²) in [5.74, 6) is 0.00302. The molecule has 0 radical (unpaired) electrons. The monoisotopic (exact) mass is 442 g/mol. The molecule has 0 aliphatic rings. The molecule has 3 aromatic carbocycles. The third-order valence-electron chi connectivity index (χ3n) is 4.69. The smallest absolute Gasteiger partial charge is 0.339 e. The van der Waals surface area contributed by atoms with Crippen LogP contribution in [0, 0.1) is 13.8 Å². The Morgan fingerprint density at radius 3 is 2.30 bits per heavy atom. The van der Waals surface area contributed by atoms with Crippen molar-refractivity contribution in [3.63, 3.8) is 0 Å². The molecule has 0 aliphatic heterocycles. The molecule has 4 nitrogen and oxygen atoms in total. The van der Waals surface area contributed by atoms with Gasteiger partial charge >= 0.3 is 5.97 Å². The fourth-order valence-corrected chi connectivity index (χ4v) is 3.41. The summed E-state index contributed by atoms with van der Waals surface area (Å²) in [6.45, 7) is 4.00. The second kappa shape index (κ2) is 9.79. The number of rotatable bonds is 7. The number of aryl methyl sites for hydroxylation is 2. The molecule has 0 aliphatic carbocycles. The number of carbonyl (C=O) groups excluding carboxylic acids is 2. The predicted octanol–water partition coefficient (Wildman–Crippen LogP) is 6.27. The maximum absolute atomic E-state index is 12.4. The van der Waals surface area contributed by atoms with Crippen molar-refractivity contribution >= 4 is 34.4 Å². The molecule has 0 spiro atoms. The van der Waals surface area contributed by atoms with E-state index in [0.29, 0.717) is 16.9 Å². The maximum Gasteiger partial charge on any atom is 0.339 e. The molecule has 0 heterocycles. The van der Waals surface area contributed by atoms with Gasteiger partial charge in [-0.3, -0.25) is 4.79 Å². The molecule has 0 amide bonds. The van der Waals surface area contributed by atoms with Crippen LogP contribution in [0.25, 0.3) is 0 Å². The Labute approximate surface area is 185 Å². The van der Waals surface area contributed by atoms with E-state index in [1.54, 1.807) is 24.3 Å². The van der Waals surface area contributed by atoms with Crippen LogP contribution in [0.15, 0.2) is 60.7 Å². The number of carbonyl (C=O) groups is 2. The molecule has 3 rings (SSSR count). The second-order valence-electron chi connectivity index (χ2n) is 6.82. The van der Waals surface area contributed by atoms with Crippen molar-refractivity contribution in [2.24, 2.45) is 0 Å². The van der Waals surface area contributed by atoms with E-state index >= 15 is 0 Å². The first-order valence-corrected chi connectivity index (χ1v) is 10.0. The van der Waals surface area contributed by atoms with Gasteiger partial charge in [0.15, 0.2) is 0 Å². The van der Waals surface area contributed by atoms with Gasteiger partial charge in [0.05, 0.1) is 10.6 Å². The third kappa shape index (κ3) is 5.21. The van der Waals surface area contributed by atoms with Gasteiger partial charge in [-0.25, -0.2) is 4.79 Å². The molecule has 0 atom stereocenters. The quantitative estimate of drug-likeness (QED) is 0.319. The Morgan fingerprint density at radius 2 is 1.60 bits per heavy atom. The van der Waals surface area contributed by atoms with Crippen molar-refractivity contribution in [1.82, 2.24) is 0 Å². The van der Waals surface area contributed by atoms with E-state index in [1.807, 2.05) is 50.2 Å². The first kappa shape index (κ1) is 21.9. The number of hydrogen-bond donors (Lipinski definition) is 0. The summed E-state index contributed by atoms with van der Waals surface area (Å²) >= 11 is 12.0. The second-order valence-corrected chi connectivity index (χ2v) is 7.57. The highest BCUT2D eigenvalue weighted by Gasteiger charge is 2.17. The van der Waals surface area contributed by atoms with E-state index in [1.165, 1.54) is 0 Å². The van der Waals surface area contributed by atoms with Gasteiger partial charge < -0.3 is 9.47 Å². The summed E-state index contributed by atoms with van der Waals surface area (Å²) in [5.41, 5.74) is 3.89. The topological polar surface area (TPSA) is 52.6 Å². The summed E-state index contributed by atoms with van der Waals surface area (Å²) in [7, 11) is 0. The van der Waals surface area contributed by atoms with Crippen LogP contribution in [0.2, 0.25) is 5.02 Å². The van der Waals surface area contributed by atoms with Crippen LogP contribution in [-0.4, -0.2) is 11.2 Å². The highest BCUT2D eigenvalue weighted by atomic mass is 35.5. The Bertz CT molecular complexity index is 1080. The Kier molecular flexibility index (Phi) is 7.14. The lowest BCUT2D eigenvalue weighted by Gasteiger charge is -2.15. The van der Waals surface area contributed by atoms with Gasteiger partial charge in [-0.15, -0.1) is 0 Å². The van der Waals surface area contributed by atoms with Crippen molar-refractivity contribution in [3.05, 3.63) is 99.1 Å². The minimum Gasteiger partial charge on any atom is -0.489 e. The summed E-state index contributed by atoms with van der Waals surface area (Å²) in [5, 5.41) is -0.310. The van der Waals surface area contributed by atoms with E-state index in [4.69, 9.17) is 32.7 Å². The zero-order chi connectivity index (χ0) is 21.7. The van der Waals surface area contributed by atoms with E-state index < -0.39 is 11.2 Å². The summed E-state index contributed by atoms with van der Waals surface area (Å²) in [6.07, 6.45) is 0. The van der Waals surface area contributed by atoms with Crippen LogP contribution < -0.4 is 4.74 Å². The molecule has 0 saturated carbocycles. The molecule has 0 N–H and O–H groups in total. The van der Waals surface area contributed by atoms with Crippen molar-refractivity contribution in [1.29, 1.82) is 0 Å². The molecule has 0 unspecified atom stereocenters. The summed E-state index contributed by atoms with van der Waals surface area (Å²) in [4.78, 5) is 24.1. The maximum atomic E-state index is 12.4. The molecular weight excluding hydrogens is 423 g/mol. The van der Waals surface area contributed by atoms with Crippen molar-refractivity contribution < 1.29 is 19.1 Å². The SMILES string of the molecule is Cc1cc(C(=O)OCc2ccccc2)c(Cl)cc1OCc1c(C)cccc1C(=O)Cl. The normalized spacial score (nSPS) is 10.5. The van der Waals surface area contributed by atoms with Gasteiger partial charge in [-0.05, 0) is 60.3 Å². The number of ether oxygens (including phenoxy) is 2. The highest BCUT2D eigenvalue weighted by molar-refractivity contribution is 6.67. The number of halogens is 2. The van der Waals surface area contributed by atoms with Gasteiger partial charge in [0.2, 0.25) is 0 Å². The molecule has 6 heteroatoms. The van der Waals surface area contributed by atoms with Crippen LogP contribution in [0.3, 0.4) is 0 Å². The minimum absolute atomic E-state index is 0.148. The van der Waals surface area contributed by atoms with Gasteiger partial charge in [-0.1, -0.05) is 54.1 Å². The first-order chi connectivity index (χ1) is 14.4. The number of benzene rings is 3. The number of hydrogen-bond acceptors (Lipinski definition) is 4. The fourth-order valence-electron chi connectivity index (χ4n) is 3.00. The van der Waals surface area contributed by atoms with Gasteiger partial charge in [0.1, 0.15) is 19.0 Å². The predicted molar refractivity (Wildman–Crippen MR) is 117 cm³/mol. The first-order valence-electron chi connectivity index (χ1n) is 9.29. The van der Waals surface area contributed by atoms with Gasteiger partial charge in [-0.2, -0.15) is 0 Å². The van der Waals surface area contributed by atoms with Crippen LogP contribution in [0.4, 0.5) is 0 Å². The fraction of sp³-hybridized carbons (Fsp3) is 0.167. The zero-order valence-corrected chi connectivity index (χ0v) is 18.1. The number of esters is 1. The Hall–Kier alpha value is -2.82. The van der Waals surface area contributed by atoms with E-state index in [9.17, 15) is 9.59 Å². The zero-order valence-electron chi connectivity index (χ0n) is 16.6. The molecule has 0 bridgehead atoms. The average Bonchev–Trinajstić information content (AvgIpc) is 2.73. The summed E-state index contributed by atoms with van der Waals surface area (Å²) in [6, 6.07) is 17.9. The molecule has 0 fully saturated rings. The lowest BCUT2D eigenvalue weighted by molar-refractivity contribution is 0.0472. The van der Waals surface area contributed by atoms with Crippen molar-refractivity contribution in [2.75, 3.05) is 0 Å². The van der Waals surface area contributed by atoms with E-state index in [2.05, 4.69) is 0 Å². The Balaban J connectivity index is 1.74. The van der Waals surface area contributed by atoms with E-state index in [0.717, 1.165) is 16.7 Å². The van der Waals surface area contributed by atoms with Crippen LogP contribution >= 0.6 is 23.2 Å². The molecule has 154 valence electrons.